The zero-order chi connectivity index (χ0) is 9.36. The Labute approximate surface area is 75.9 Å². The van der Waals surface area contributed by atoms with Gasteiger partial charge in [-0.2, -0.15) is 0 Å². The molecule has 0 aromatic rings. The van der Waals surface area contributed by atoms with Crippen molar-refractivity contribution in [2.45, 2.75) is 52.6 Å². The Kier molecular flexibility index (Phi) is 1.24. The van der Waals surface area contributed by atoms with Crippen LogP contribution < -0.4 is 5.32 Å². The molecule has 0 aromatic heterocycles. The van der Waals surface area contributed by atoms with Gasteiger partial charge in [-0.1, -0.05) is 27.7 Å². The summed E-state index contributed by atoms with van der Waals surface area (Å²) in [6.45, 7) is 14.1. The lowest BCUT2D eigenvalue weighted by Crippen LogP contribution is -2.16. The van der Waals surface area contributed by atoms with Crippen molar-refractivity contribution in [1.82, 2.24) is 5.32 Å². The minimum atomic E-state index is 0.407. The predicted molar refractivity (Wildman–Crippen MR) is 52.1 cm³/mol. The largest absolute Gasteiger partial charge is 0.302 e. The molecule has 12 heavy (non-hydrogen) atoms. The maximum Gasteiger partial charge on any atom is 0.0429 e. The van der Waals surface area contributed by atoms with E-state index < -0.39 is 0 Å². The first-order valence-electron chi connectivity index (χ1n) is 5.03. The van der Waals surface area contributed by atoms with Crippen LogP contribution >= 0.6 is 0 Å². The zero-order valence-corrected chi connectivity index (χ0v) is 9.15. The summed E-state index contributed by atoms with van der Waals surface area (Å²) in [6, 6.07) is 0. The molecule has 2 aliphatic rings. The minimum absolute atomic E-state index is 0.407. The van der Waals surface area contributed by atoms with Crippen LogP contribution in [0.2, 0.25) is 0 Å². The summed E-state index contributed by atoms with van der Waals surface area (Å²) in [5, 5.41) is 3.66. The summed E-state index contributed by atoms with van der Waals surface area (Å²) in [7, 11) is 0. The van der Waals surface area contributed by atoms with Crippen LogP contribution in [-0.4, -0.2) is 11.1 Å². The number of rotatable bonds is 0. The van der Waals surface area contributed by atoms with Gasteiger partial charge in [0.05, 0.1) is 0 Å². The lowest BCUT2D eigenvalue weighted by atomic mass is 9.86. The molecule has 1 nitrogen and oxygen atoms in total. The lowest BCUT2D eigenvalue weighted by Gasteiger charge is -2.18. The Morgan fingerprint density at radius 1 is 1.17 bits per heavy atom. The van der Waals surface area contributed by atoms with E-state index in [1.807, 2.05) is 0 Å². The number of hydrogen-bond donors (Lipinski definition) is 1. The number of nitrogens with one attached hydrogen (secondary N) is 1. The van der Waals surface area contributed by atoms with Gasteiger partial charge in [0, 0.05) is 11.1 Å². The third kappa shape index (κ3) is 0.736. The van der Waals surface area contributed by atoms with E-state index in [-0.39, 0.29) is 0 Å². The van der Waals surface area contributed by atoms with Crippen LogP contribution in [0.5, 0.6) is 0 Å². The molecule has 2 rings (SSSR count). The molecule has 0 radical (unpaired) electrons. The molecule has 1 heterocycles. The Morgan fingerprint density at radius 2 is 1.58 bits per heavy atom. The van der Waals surface area contributed by atoms with Gasteiger partial charge >= 0.3 is 0 Å². The molecule has 1 saturated heterocycles. The molecule has 1 aliphatic carbocycles. The summed E-state index contributed by atoms with van der Waals surface area (Å²) in [6.07, 6.45) is 0. The fourth-order valence-corrected chi connectivity index (χ4v) is 3.63. The van der Waals surface area contributed by atoms with Crippen molar-refractivity contribution in [3.05, 3.63) is 0 Å². The zero-order valence-electron chi connectivity index (χ0n) is 9.15. The summed E-state index contributed by atoms with van der Waals surface area (Å²) in [4.78, 5) is 0. The van der Waals surface area contributed by atoms with E-state index in [1.54, 1.807) is 0 Å². The van der Waals surface area contributed by atoms with Gasteiger partial charge in [0.1, 0.15) is 0 Å². The second kappa shape index (κ2) is 1.75. The molecule has 1 saturated carbocycles. The highest BCUT2D eigenvalue weighted by Gasteiger charge is 2.82. The van der Waals surface area contributed by atoms with Gasteiger partial charge in [-0.15, -0.1) is 0 Å². The van der Waals surface area contributed by atoms with Crippen LogP contribution in [0, 0.1) is 17.3 Å². The molecule has 0 bridgehead atoms. The Hall–Kier alpha value is -0.0400. The van der Waals surface area contributed by atoms with E-state index in [0.29, 0.717) is 16.5 Å². The molecule has 3 unspecified atom stereocenters. The predicted octanol–water partition coefficient (Wildman–Crippen LogP) is 2.42. The maximum atomic E-state index is 3.66. The van der Waals surface area contributed by atoms with E-state index in [4.69, 9.17) is 0 Å². The third-order valence-electron chi connectivity index (χ3n) is 4.02. The van der Waals surface area contributed by atoms with Crippen molar-refractivity contribution in [2.24, 2.45) is 17.3 Å². The van der Waals surface area contributed by atoms with E-state index in [1.165, 1.54) is 0 Å². The topological polar surface area (TPSA) is 21.9 Å². The molecule has 0 amide bonds. The fourth-order valence-electron chi connectivity index (χ4n) is 3.63. The third-order valence-corrected chi connectivity index (χ3v) is 4.02. The van der Waals surface area contributed by atoms with Gasteiger partial charge < -0.3 is 5.32 Å². The van der Waals surface area contributed by atoms with Crippen LogP contribution in [0.4, 0.5) is 0 Å². The van der Waals surface area contributed by atoms with Crippen molar-refractivity contribution in [1.29, 1.82) is 0 Å². The second-order valence-corrected chi connectivity index (χ2v) is 6.25. The van der Waals surface area contributed by atoms with E-state index in [0.717, 1.165) is 11.8 Å². The van der Waals surface area contributed by atoms with Gasteiger partial charge in [-0.25, -0.2) is 0 Å². The van der Waals surface area contributed by atoms with Crippen LogP contribution in [-0.2, 0) is 0 Å². The average Bonchev–Trinajstić information content (AvgIpc) is 2.48. The summed E-state index contributed by atoms with van der Waals surface area (Å²) in [5.74, 6) is 1.74. The van der Waals surface area contributed by atoms with E-state index in [9.17, 15) is 0 Å². The molecular weight excluding hydrogens is 146 g/mol. The quantitative estimate of drug-likeness (QED) is 0.550. The normalized spacial score (nSPS) is 49.5. The van der Waals surface area contributed by atoms with Gasteiger partial charge in [-0.05, 0) is 31.1 Å². The molecule has 3 atom stereocenters. The molecular formula is C11H21N. The van der Waals surface area contributed by atoms with Gasteiger partial charge in [0.2, 0.25) is 0 Å². The summed E-state index contributed by atoms with van der Waals surface area (Å²) < 4.78 is 0. The van der Waals surface area contributed by atoms with Gasteiger partial charge in [-0.3, -0.25) is 0 Å². The molecule has 1 N–H and O–H groups in total. The van der Waals surface area contributed by atoms with Gasteiger partial charge in [0.15, 0.2) is 0 Å². The van der Waals surface area contributed by atoms with Crippen molar-refractivity contribution >= 4 is 0 Å². The summed E-state index contributed by atoms with van der Waals surface area (Å²) >= 11 is 0. The molecule has 70 valence electrons. The molecule has 2 fully saturated rings. The Morgan fingerprint density at radius 3 is 1.67 bits per heavy atom. The van der Waals surface area contributed by atoms with Crippen LogP contribution in [0.25, 0.3) is 0 Å². The van der Waals surface area contributed by atoms with Crippen molar-refractivity contribution in [2.75, 3.05) is 0 Å². The highest BCUT2D eigenvalue weighted by atomic mass is 15.3. The first-order chi connectivity index (χ1) is 5.23. The van der Waals surface area contributed by atoms with Gasteiger partial charge in [0.25, 0.3) is 0 Å². The molecule has 0 aromatic carbocycles. The lowest BCUT2D eigenvalue weighted by molar-refractivity contribution is 0.323. The minimum Gasteiger partial charge on any atom is -0.302 e. The van der Waals surface area contributed by atoms with Crippen LogP contribution in [0.3, 0.4) is 0 Å². The standard InChI is InChI=1S/C11H21N/c1-7-8(9(2,3)4)11(7)10(5,6)12-11/h7-8,12H,1-6H3. The maximum absolute atomic E-state index is 3.66. The average molecular weight is 167 g/mol. The van der Waals surface area contributed by atoms with Crippen LogP contribution in [0.15, 0.2) is 0 Å². The first-order valence-corrected chi connectivity index (χ1v) is 5.03. The Bertz CT molecular complexity index is 224. The fraction of sp³-hybridized carbons (Fsp3) is 1.00. The van der Waals surface area contributed by atoms with Crippen molar-refractivity contribution < 1.29 is 0 Å². The monoisotopic (exact) mass is 167 g/mol. The molecule has 1 heteroatoms. The van der Waals surface area contributed by atoms with Crippen molar-refractivity contribution in [3.63, 3.8) is 0 Å². The number of hydrogen-bond acceptors (Lipinski definition) is 1. The molecule has 1 spiro atoms. The highest BCUT2D eigenvalue weighted by Crippen LogP contribution is 2.71. The first kappa shape index (κ1) is 8.55. The van der Waals surface area contributed by atoms with Crippen molar-refractivity contribution in [3.8, 4) is 0 Å². The van der Waals surface area contributed by atoms with E-state index >= 15 is 0 Å². The second-order valence-electron chi connectivity index (χ2n) is 6.25. The van der Waals surface area contributed by atoms with E-state index in [2.05, 4.69) is 46.9 Å². The molecule has 1 aliphatic heterocycles. The smallest absolute Gasteiger partial charge is 0.0429 e. The highest BCUT2D eigenvalue weighted by molar-refractivity contribution is 5.40. The Balaban J connectivity index is 2.18. The van der Waals surface area contributed by atoms with Crippen LogP contribution in [0.1, 0.15) is 41.5 Å². The summed E-state index contributed by atoms with van der Waals surface area (Å²) in [5.41, 5.74) is 1.38. The SMILES string of the molecule is CC1C(C(C)(C)C)C12NC2(C)C.